The summed E-state index contributed by atoms with van der Waals surface area (Å²) in [6.45, 7) is 0. The third kappa shape index (κ3) is 8.82. The molecule has 0 unspecified atom stereocenters. The van der Waals surface area contributed by atoms with Crippen LogP contribution >= 0.6 is 0 Å². The quantitative estimate of drug-likeness (QED) is 0.297. The maximum atomic E-state index is 0. The summed E-state index contributed by atoms with van der Waals surface area (Å²) in [5, 5.41) is 0. The predicted molar refractivity (Wildman–Crippen MR) is 17.9 cm³/mol. The van der Waals surface area contributed by atoms with E-state index in [0.717, 1.165) is 0 Å². The molecule has 0 aromatic rings. The molecule has 0 heterocycles. The Morgan fingerprint density at radius 3 is 1.25 bits per heavy atom. The molecule has 0 saturated heterocycles. The zero-order chi connectivity index (χ0) is 0. The van der Waals surface area contributed by atoms with Crippen LogP contribution in [0.15, 0.2) is 0 Å². The predicted octanol–water partition coefficient (Wildman–Crippen LogP) is -7.33. The molecule has 18 valence electrons. The van der Waals surface area contributed by atoms with E-state index in [1.54, 1.807) is 0 Å². The molecule has 0 radical (unpaired) electrons. The molecule has 0 atom stereocenters. The number of hydrogen-bond acceptors (Lipinski definition) is 0. The summed E-state index contributed by atoms with van der Waals surface area (Å²) in [5.41, 5.74) is 0. The van der Waals surface area contributed by atoms with Gasteiger partial charge in [0.1, 0.15) is 0 Å². The maximum absolute atomic E-state index is 0. The van der Waals surface area contributed by atoms with Crippen LogP contribution in [-0.4, -0.2) is 62.8 Å². The van der Waals surface area contributed by atoms with E-state index in [4.69, 9.17) is 0 Å². The van der Waals surface area contributed by atoms with Gasteiger partial charge in [-0.1, -0.05) is 0 Å². The third-order valence-electron chi connectivity index (χ3n) is 0. The molecule has 0 aromatic carbocycles. The molecular formula is H5AlFLiSr. The van der Waals surface area contributed by atoms with Crippen molar-refractivity contribution in [2.75, 3.05) is 0 Å². The van der Waals surface area contributed by atoms with E-state index >= 15 is 0 Å². The zero-order valence-electron chi connectivity index (χ0n) is 4.09. The van der Waals surface area contributed by atoms with Crippen molar-refractivity contribution in [1.29, 1.82) is 0 Å². The van der Waals surface area contributed by atoms with Crippen molar-refractivity contribution in [3.63, 3.8) is 0 Å². The molecule has 0 aliphatic rings. The van der Waals surface area contributed by atoms with E-state index in [-0.39, 0.29) is 89.3 Å². The summed E-state index contributed by atoms with van der Waals surface area (Å²) in [6.07, 6.45) is 0. The van der Waals surface area contributed by atoms with Crippen molar-refractivity contribution in [2.24, 2.45) is 0 Å². The number of hydrogen-bond donors (Lipinski definition) is 0. The van der Waals surface area contributed by atoms with Crippen molar-refractivity contribution in [3.05, 3.63) is 0 Å². The van der Waals surface area contributed by atoms with Crippen molar-refractivity contribution >= 4 is 62.8 Å². The summed E-state index contributed by atoms with van der Waals surface area (Å²) >= 11 is 0. The molecule has 4 heavy (non-hydrogen) atoms. The summed E-state index contributed by atoms with van der Waals surface area (Å²) in [7, 11) is 0. The summed E-state index contributed by atoms with van der Waals surface area (Å²) in [4.78, 5) is 0. The Morgan fingerprint density at radius 1 is 1.25 bits per heavy atom. The minimum absolute atomic E-state index is 0. The van der Waals surface area contributed by atoms with Gasteiger partial charge in [-0.05, 0) is 0 Å². The Bertz CT molecular complexity index is 13.5. The molecule has 0 spiro atoms. The van der Waals surface area contributed by atoms with Crippen molar-refractivity contribution in [3.8, 4) is 0 Å². The van der Waals surface area contributed by atoms with Crippen LogP contribution < -0.4 is 23.6 Å². The molecule has 0 bridgehead atoms. The van der Waals surface area contributed by atoms with E-state index < -0.39 is 0 Å². The Morgan fingerprint density at radius 2 is 1.25 bits per heavy atom. The maximum Gasteiger partial charge on any atom is 2.00 e. The first kappa shape index (κ1) is 31.1. The van der Waals surface area contributed by atoms with Gasteiger partial charge >= 0.3 is 64.3 Å². The van der Waals surface area contributed by atoms with Crippen LogP contribution in [0.2, 0.25) is 0 Å². The normalized spacial score (nSPS) is 0. The van der Waals surface area contributed by atoms with Gasteiger partial charge in [-0.2, -0.15) is 0 Å². The van der Waals surface area contributed by atoms with E-state index in [1.807, 2.05) is 0 Å². The number of halogens is 1. The smallest absolute Gasteiger partial charge is 1.00 e. The zero-order valence-corrected chi connectivity index (χ0v) is 5.56. The van der Waals surface area contributed by atoms with Gasteiger partial charge in [-0.25, -0.2) is 0 Å². The minimum atomic E-state index is 0. The van der Waals surface area contributed by atoms with E-state index in [9.17, 15) is 0 Å². The van der Waals surface area contributed by atoms with E-state index in [2.05, 4.69) is 0 Å². The second-order valence-corrected chi connectivity index (χ2v) is 0. The van der Waals surface area contributed by atoms with Crippen molar-refractivity contribution in [2.45, 2.75) is 0 Å². The summed E-state index contributed by atoms with van der Waals surface area (Å²) in [6, 6.07) is 0. The number of rotatable bonds is 0. The Balaban J connectivity index is 0. The largest absolute Gasteiger partial charge is 2.00 e. The first-order valence-corrected chi connectivity index (χ1v) is 0. The minimum Gasteiger partial charge on any atom is -1.00 e. The first-order chi connectivity index (χ1) is 0. The van der Waals surface area contributed by atoms with Crippen LogP contribution in [-0.2, 0) is 0 Å². The standard InChI is InChI=1S/Al.FH.Li.Sr.5H/h;1H;;;;;;;/q;;+1;+2;;;;2*-1/p-1. The van der Waals surface area contributed by atoms with Crippen molar-refractivity contribution in [1.82, 2.24) is 0 Å². The fourth-order valence-electron chi connectivity index (χ4n) is 0. The van der Waals surface area contributed by atoms with Crippen LogP contribution in [0.1, 0.15) is 2.85 Å². The summed E-state index contributed by atoms with van der Waals surface area (Å²) in [5.74, 6) is 0. The summed E-state index contributed by atoms with van der Waals surface area (Å²) < 4.78 is 0. The molecule has 0 rings (SSSR count). The third-order valence-corrected chi connectivity index (χ3v) is 0. The van der Waals surface area contributed by atoms with Gasteiger partial charge in [-0.15, -0.1) is 0 Å². The topological polar surface area (TPSA) is 0 Å². The fraction of sp³-hybridized carbons (Fsp3) is 0. The molecule has 0 saturated carbocycles. The van der Waals surface area contributed by atoms with Gasteiger partial charge in [0.05, 0.1) is 0 Å². The van der Waals surface area contributed by atoms with Gasteiger partial charge in [0.15, 0.2) is 17.4 Å². The van der Waals surface area contributed by atoms with Crippen LogP contribution in [0.5, 0.6) is 0 Å². The molecule has 0 fully saturated rings. The molecule has 0 aliphatic heterocycles. The molecule has 0 aromatic heterocycles. The molecule has 4 heteroatoms. The average molecular weight is 146 g/mol. The second-order valence-electron chi connectivity index (χ2n) is 0. The molecule has 0 N–H and O–H groups in total. The molecule has 0 aliphatic carbocycles. The Hall–Kier alpha value is 2.54. The van der Waals surface area contributed by atoms with Crippen LogP contribution in [0, 0.1) is 0 Å². The Labute approximate surface area is 87.6 Å². The van der Waals surface area contributed by atoms with Gasteiger partial charge in [-0.3, -0.25) is 0 Å². The van der Waals surface area contributed by atoms with Crippen molar-refractivity contribution < 1.29 is 26.4 Å². The van der Waals surface area contributed by atoms with Gasteiger partial charge < -0.3 is 7.56 Å². The van der Waals surface area contributed by atoms with Gasteiger partial charge in [0.25, 0.3) is 0 Å². The average Bonchev–Trinajstić information content (AvgIpc) is 0. The Kier molecular flexibility index (Phi) is 138. The monoisotopic (exact) mass is 146 g/mol. The molecular weight excluding hydrogens is 141 g/mol. The SMILES string of the molecule is [AlH3].[F-].[H-].[H-].[Li+].[Sr+2]. The van der Waals surface area contributed by atoms with Crippen LogP contribution in [0.4, 0.5) is 0 Å². The fourth-order valence-corrected chi connectivity index (χ4v) is 0. The van der Waals surface area contributed by atoms with E-state index in [0.29, 0.717) is 0 Å². The van der Waals surface area contributed by atoms with Crippen LogP contribution in [0.3, 0.4) is 0 Å². The molecule has 0 amide bonds. The molecule has 0 nitrogen and oxygen atoms in total. The van der Waals surface area contributed by atoms with Gasteiger partial charge in [0, 0.05) is 0 Å². The van der Waals surface area contributed by atoms with Crippen LogP contribution in [0.25, 0.3) is 0 Å². The van der Waals surface area contributed by atoms with E-state index in [1.165, 1.54) is 0 Å². The first-order valence-electron chi connectivity index (χ1n) is 0. The van der Waals surface area contributed by atoms with Gasteiger partial charge in [0.2, 0.25) is 0 Å². The second kappa shape index (κ2) is 17.7.